The van der Waals surface area contributed by atoms with Gasteiger partial charge in [0.25, 0.3) is 5.91 Å². The number of esters is 1. The van der Waals surface area contributed by atoms with Crippen molar-refractivity contribution in [2.24, 2.45) is 5.73 Å². The number of carbonyl (C=O) groups excluding carboxylic acids is 3. The van der Waals surface area contributed by atoms with Crippen molar-refractivity contribution >= 4 is 29.4 Å². The zero-order valence-corrected chi connectivity index (χ0v) is 16.8. The zero-order chi connectivity index (χ0) is 21.5. The summed E-state index contributed by atoms with van der Waals surface area (Å²) in [5.74, 6) is 0.313. The molecule has 0 atom stereocenters. The van der Waals surface area contributed by atoms with Crippen LogP contribution in [-0.2, 0) is 4.74 Å². The number of nitrogens with one attached hydrogen (secondary N) is 1. The predicted molar refractivity (Wildman–Crippen MR) is 113 cm³/mol. The molecule has 1 saturated heterocycles. The fourth-order valence-electron chi connectivity index (χ4n) is 3.28. The van der Waals surface area contributed by atoms with Gasteiger partial charge in [0.1, 0.15) is 5.82 Å². The van der Waals surface area contributed by atoms with Crippen LogP contribution in [0, 0.1) is 0 Å². The Morgan fingerprint density at radius 2 is 1.77 bits per heavy atom. The van der Waals surface area contributed by atoms with Crippen molar-refractivity contribution in [1.29, 1.82) is 0 Å². The number of hydrogen-bond donors (Lipinski definition) is 2. The first-order valence-corrected chi connectivity index (χ1v) is 9.82. The van der Waals surface area contributed by atoms with Gasteiger partial charge in [0.2, 0.25) is 0 Å². The molecule has 0 spiro atoms. The van der Waals surface area contributed by atoms with Gasteiger partial charge in [-0.05, 0) is 49.7 Å². The summed E-state index contributed by atoms with van der Waals surface area (Å²) in [6.07, 6.45) is 2.32. The van der Waals surface area contributed by atoms with Crippen molar-refractivity contribution in [2.45, 2.75) is 13.3 Å². The molecule has 1 aromatic carbocycles. The van der Waals surface area contributed by atoms with E-state index in [1.54, 1.807) is 43.3 Å². The largest absolute Gasteiger partial charge is 0.462 e. The lowest BCUT2D eigenvalue weighted by molar-refractivity contribution is 0.0525. The van der Waals surface area contributed by atoms with Crippen LogP contribution in [0.25, 0.3) is 0 Å². The third kappa shape index (κ3) is 5.25. The minimum atomic E-state index is -0.648. The molecule has 158 valence electrons. The van der Waals surface area contributed by atoms with E-state index in [2.05, 4.69) is 15.2 Å². The smallest absolute Gasteiger partial charge is 0.339 e. The topological polar surface area (TPSA) is 118 Å². The molecule has 3 amide bonds. The van der Waals surface area contributed by atoms with Crippen LogP contribution >= 0.6 is 0 Å². The molecule has 9 heteroatoms. The second-order valence-corrected chi connectivity index (χ2v) is 6.82. The summed E-state index contributed by atoms with van der Waals surface area (Å²) in [5.41, 5.74) is 6.61. The number of pyridine rings is 1. The molecule has 2 aromatic rings. The van der Waals surface area contributed by atoms with E-state index in [1.165, 1.54) is 6.20 Å². The molecule has 0 aliphatic carbocycles. The molecule has 30 heavy (non-hydrogen) atoms. The number of carbonyl (C=O) groups is 3. The van der Waals surface area contributed by atoms with Gasteiger partial charge in [0, 0.05) is 43.6 Å². The first kappa shape index (κ1) is 21.1. The van der Waals surface area contributed by atoms with Crippen LogP contribution in [0.5, 0.6) is 0 Å². The predicted octanol–water partition coefficient (Wildman–Crippen LogP) is 2.10. The van der Waals surface area contributed by atoms with E-state index in [1.807, 2.05) is 4.90 Å². The Kier molecular flexibility index (Phi) is 6.84. The van der Waals surface area contributed by atoms with Gasteiger partial charge in [0.15, 0.2) is 0 Å². The monoisotopic (exact) mass is 411 g/mol. The molecule has 1 aromatic heterocycles. The molecule has 0 saturated carbocycles. The maximum atomic E-state index is 12.8. The summed E-state index contributed by atoms with van der Waals surface area (Å²) < 4.78 is 4.98. The van der Waals surface area contributed by atoms with E-state index in [4.69, 9.17) is 10.5 Å². The lowest BCUT2D eigenvalue weighted by atomic mass is 10.1. The van der Waals surface area contributed by atoms with E-state index in [-0.39, 0.29) is 11.9 Å². The van der Waals surface area contributed by atoms with E-state index in [9.17, 15) is 14.4 Å². The Labute approximate surface area is 174 Å². The second kappa shape index (κ2) is 9.73. The maximum Gasteiger partial charge on any atom is 0.339 e. The van der Waals surface area contributed by atoms with E-state index < -0.39 is 6.03 Å². The number of aromatic nitrogens is 1. The van der Waals surface area contributed by atoms with Crippen LogP contribution < -0.4 is 16.0 Å². The summed E-state index contributed by atoms with van der Waals surface area (Å²) in [5, 5.41) is 2.47. The lowest BCUT2D eigenvalue weighted by Gasteiger charge is -2.23. The fourth-order valence-corrected chi connectivity index (χ4v) is 3.28. The maximum absolute atomic E-state index is 12.8. The Hall–Kier alpha value is -3.62. The fraction of sp³-hybridized carbons (Fsp3) is 0.333. The first-order valence-electron chi connectivity index (χ1n) is 9.82. The highest BCUT2D eigenvalue weighted by Crippen LogP contribution is 2.17. The molecule has 1 aliphatic heterocycles. The van der Waals surface area contributed by atoms with Crippen LogP contribution in [0.1, 0.15) is 34.1 Å². The highest BCUT2D eigenvalue weighted by atomic mass is 16.5. The number of amides is 3. The van der Waals surface area contributed by atoms with Crippen LogP contribution in [0.2, 0.25) is 0 Å². The Morgan fingerprint density at radius 3 is 2.40 bits per heavy atom. The molecule has 3 N–H and O–H groups in total. The van der Waals surface area contributed by atoms with Gasteiger partial charge in [0.05, 0.1) is 12.2 Å². The Morgan fingerprint density at radius 1 is 1.03 bits per heavy atom. The molecule has 9 nitrogen and oxygen atoms in total. The van der Waals surface area contributed by atoms with Crippen molar-refractivity contribution in [3.8, 4) is 0 Å². The number of benzene rings is 1. The molecule has 0 bridgehead atoms. The van der Waals surface area contributed by atoms with Crippen LogP contribution in [0.4, 0.5) is 16.3 Å². The average Bonchev–Trinajstić information content (AvgIpc) is 3.00. The molecule has 0 unspecified atom stereocenters. The zero-order valence-electron chi connectivity index (χ0n) is 16.8. The molecule has 3 rings (SSSR count). The van der Waals surface area contributed by atoms with E-state index in [0.29, 0.717) is 43.1 Å². The number of ether oxygens (including phenoxy) is 1. The van der Waals surface area contributed by atoms with Crippen molar-refractivity contribution in [3.63, 3.8) is 0 Å². The molecule has 1 aliphatic rings. The Balaban J connectivity index is 1.61. The summed E-state index contributed by atoms with van der Waals surface area (Å²) >= 11 is 0. The number of anilines is 2. The summed E-state index contributed by atoms with van der Waals surface area (Å²) in [6, 6.07) is 9.50. The van der Waals surface area contributed by atoms with E-state index in [0.717, 1.165) is 18.8 Å². The van der Waals surface area contributed by atoms with Gasteiger partial charge in [-0.1, -0.05) is 0 Å². The molecule has 0 radical (unpaired) electrons. The highest BCUT2D eigenvalue weighted by molar-refractivity contribution is 5.95. The second-order valence-electron chi connectivity index (χ2n) is 6.82. The summed E-state index contributed by atoms with van der Waals surface area (Å²) in [4.78, 5) is 43.8. The van der Waals surface area contributed by atoms with Gasteiger partial charge >= 0.3 is 12.0 Å². The van der Waals surface area contributed by atoms with Gasteiger partial charge in [-0.25, -0.2) is 14.6 Å². The van der Waals surface area contributed by atoms with Gasteiger partial charge in [-0.3, -0.25) is 4.79 Å². The number of nitrogens with zero attached hydrogens (tertiary/aromatic N) is 3. The van der Waals surface area contributed by atoms with Gasteiger partial charge < -0.3 is 25.6 Å². The summed E-state index contributed by atoms with van der Waals surface area (Å²) in [7, 11) is 0. The number of rotatable bonds is 5. The van der Waals surface area contributed by atoms with Crippen molar-refractivity contribution < 1.29 is 19.1 Å². The standard InChI is InChI=1S/C21H25N5O4/c1-2-30-20(28)16-6-9-18(23-14-16)25-10-3-11-26(13-12-25)19(27)15-4-7-17(8-5-15)24-21(22)29/h4-9,14H,2-3,10-13H2,1H3,(H3,22,24,29). The highest BCUT2D eigenvalue weighted by Gasteiger charge is 2.21. The normalized spacial score (nSPS) is 14.0. The minimum absolute atomic E-state index is 0.0620. The number of hydrogen-bond acceptors (Lipinski definition) is 6. The van der Waals surface area contributed by atoms with Crippen molar-refractivity contribution in [1.82, 2.24) is 9.88 Å². The van der Waals surface area contributed by atoms with Gasteiger partial charge in [-0.2, -0.15) is 0 Å². The van der Waals surface area contributed by atoms with Crippen LogP contribution in [0.15, 0.2) is 42.6 Å². The average molecular weight is 411 g/mol. The van der Waals surface area contributed by atoms with E-state index >= 15 is 0 Å². The molecule has 1 fully saturated rings. The number of urea groups is 1. The van der Waals surface area contributed by atoms with Gasteiger partial charge in [-0.15, -0.1) is 0 Å². The van der Waals surface area contributed by atoms with Crippen molar-refractivity contribution in [3.05, 3.63) is 53.7 Å². The number of nitrogens with two attached hydrogens (primary N) is 1. The van der Waals surface area contributed by atoms with Crippen LogP contribution in [0.3, 0.4) is 0 Å². The SMILES string of the molecule is CCOC(=O)c1ccc(N2CCCN(C(=O)c3ccc(NC(N)=O)cc3)CC2)nc1. The Bertz CT molecular complexity index is 899. The van der Waals surface area contributed by atoms with Crippen LogP contribution in [-0.4, -0.2) is 60.6 Å². The quantitative estimate of drug-likeness (QED) is 0.728. The number of primary amides is 1. The third-order valence-electron chi connectivity index (χ3n) is 4.77. The third-order valence-corrected chi connectivity index (χ3v) is 4.77. The molecular formula is C21H25N5O4. The minimum Gasteiger partial charge on any atom is -0.462 e. The lowest BCUT2D eigenvalue weighted by Crippen LogP contribution is -2.35. The van der Waals surface area contributed by atoms with Crippen molar-refractivity contribution in [2.75, 3.05) is 43.0 Å². The molecule has 2 heterocycles. The first-order chi connectivity index (χ1) is 14.5. The molecular weight excluding hydrogens is 386 g/mol. The summed E-state index contributed by atoms with van der Waals surface area (Å²) in [6.45, 7) is 4.67.